The number of aryl methyl sites for hydroxylation is 2. The van der Waals surface area contributed by atoms with Crippen LogP contribution in [0.5, 0.6) is 5.75 Å². The highest BCUT2D eigenvalue weighted by Gasteiger charge is 2.19. The number of carbonyl (C=O) groups is 1. The average Bonchev–Trinajstić information content (AvgIpc) is 2.44. The molecule has 0 saturated carbocycles. The van der Waals surface area contributed by atoms with Crippen LogP contribution in [0.3, 0.4) is 0 Å². The molecule has 0 aliphatic carbocycles. The molecule has 2 rings (SSSR count). The lowest BCUT2D eigenvalue weighted by molar-refractivity contribution is 0.103. The maximum atomic E-state index is 12.8. The van der Waals surface area contributed by atoms with Crippen molar-refractivity contribution in [2.24, 2.45) is 0 Å². The number of carbonyl (C=O) groups excluding carboxylic acids is 1. The Morgan fingerprint density at radius 2 is 1.70 bits per heavy atom. The number of methoxy groups -OCH3 is 1. The van der Waals surface area contributed by atoms with Gasteiger partial charge in [0, 0.05) is 10.0 Å². The van der Waals surface area contributed by atoms with E-state index in [2.05, 4.69) is 15.9 Å². The van der Waals surface area contributed by atoms with Gasteiger partial charge < -0.3 is 4.74 Å². The third-order valence-electron chi connectivity index (χ3n) is 3.56. The molecule has 0 bridgehead atoms. The summed E-state index contributed by atoms with van der Waals surface area (Å²) >= 11 is 3.50. The molecule has 2 nitrogen and oxygen atoms in total. The summed E-state index contributed by atoms with van der Waals surface area (Å²) in [6.07, 6.45) is 0. The number of hydrogen-bond acceptors (Lipinski definition) is 2. The van der Waals surface area contributed by atoms with E-state index in [0.29, 0.717) is 16.9 Å². The largest absolute Gasteiger partial charge is 0.496 e. The predicted molar refractivity (Wildman–Crippen MR) is 84.8 cm³/mol. The standard InChI is InChI=1S/C17H17BrO2/c1-10-8-9-14(17(20-4)12(10)3)16(19)13-7-5-6-11(2)15(13)18/h5-9H,1-4H3. The Hall–Kier alpha value is -1.61. The number of ketones is 1. The number of benzene rings is 2. The van der Waals surface area contributed by atoms with Crippen LogP contribution in [0.4, 0.5) is 0 Å². The van der Waals surface area contributed by atoms with Gasteiger partial charge in [0.15, 0.2) is 5.78 Å². The van der Waals surface area contributed by atoms with Crippen molar-refractivity contribution >= 4 is 21.7 Å². The monoisotopic (exact) mass is 332 g/mol. The van der Waals surface area contributed by atoms with Gasteiger partial charge in [-0.25, -0.2) is 0 Å². The van der Waals surface area contributed by atoms with Gasteiger partial charge in [-0.05, 0) is 65.5 Å². The molecule has 0 fully saturated rings. The van der Waals surface area contributed by atoms with Crippen LogP contribution in [0.1, 0.15) is 32.6 Å². The van der Waals surface area contributed by atoms with Crippen LogP contribution in [0.2, 0.25) is 0 Å². The second-order valence-corrected chi connectivity index (χ2v) is 5.65. The van der Waals surface area contributed by atoms with Gasteiger partial charge in [0.1, 0.15) is 5.75 Å². The quantitative estimate of drug-likeness (QED) is 0.767. The molecule has 0 atom stereocenters. The molecule has 0 aliphatic rings. The summed E-state index contributed by atoms with van der Waals surface area (Å²) in [5.74, 6) is 0.629. The van der Waals surface area contributed by atoms with E-state index in [1.807, 2.05) is 51.1 Å². The first-order valence-corrected chi connectivity index (χ1v) is 7.20. The van der Waals surface area contributed by atoms with Crippen LogP contribution in [0, 0.1) is 20.8 Å². The Morgan fingerprint density at radius 3 is 2.35 bits per heavy atom. The summed E-state index contributed by atoms with van der Waals surface area (Å²) in [6, 6.07) is 9.47. The third kappa shape index (κ3) is 2.50. The van der Waals surface area contributed by atoms with Crippen molar-refractivity contribution in [1.29, 1.82) is 0 Å². The molecule has 2 aromatic carbocycles. The lowest BCUT2D eigenvalue weighted by Crippen LogP contribution is -2.07. The van der Waals surface area contributed by atoms with E-state index in [9.17, 15) is 4.79 Å². The predicted octanol–water partition coefficient (Wildman–Crippen LogP) is 4.61. The number of hydrogen-bond donors (Lipinski definition) is 0. The normalized spacial score (nSPS) is 10.4. The summed E-state index contributed by atoms with van der Waals surface area (Å²) in [7, 11) is 1.60. The summed E-state index contributed by atoms with van der Waals surface area (Å²) < 4.78 is 6.27. The highest BCUT2D eigenvalue weighted by atomic mass is 79.9. The second-order valence-electron chi connectivity index (χ2n) is 4.85. The van der Waals surface area contributed by atoms with Gasteiger partial charge in [-0.2, -0.15) is 0 Å². The SMILES string of the molecule is COc1c(C(=O)c2cccc(C)c2Br)ccc(C)c1C. The van der Waals surface area contributed by atoms with Crippen molar-refractivity contribution in [3.63, 3.8) is 0 Å². The number of halogens is 1. The number of ether oxygens (including phenoxy) is 1. The zero-order valence-corrected chi connectivity index (χ0v) is 13.7. The van der Waals surface area contributed by atoms with Crippen LogP contribution in [0.25, 0.3) is 0 Å². The minimum Gasteiger partial charge on any atom is -0.496 e. The van der Waals surface area contributed by atoms with Gasteiger partial charge >= 0.3 is 0 Å². The van der Waals surface area contributed by atoms with E-state index >= 15 is 0 Å². The Kier molecular flexibility index (Phi) is 4.29. The fraction of sp³-hybridized carbons (Fsp3) is 0.235. The van der Waals surface area contributed by atoms with Crippen molar-refractivity contribution in [3.8, 4) is 5.75 Å². The molecule has 0 aromatic heterocycles. The van der Waals surface area contributed by atoms with Gasteiger partial charge in [0.05, 0.1) is 12.7 Å². The van der Waals surface area contributed by atoms with Crippen LogP contribution in [0.15, 0.2) is 34.8 Å². The zero-order valence-electron chi connectivity index (χ0n) is 12.1. The van der Waals surface area contributed by atoms with Crippen molar-refractivity contribution in [1.82, 2.24) is 0 Å². The van der Waals surface area contributed by atoms with Crippen LogP contribution in [-0.4, -0.2) is 12.9 Å². The van der Waals surface area contributed by atoms with Gasteiger partial charge in [0.25, 0.3) is 0 Å². The molecular weight excluding hydrogens is 316 g/mol. The molecule has 0 aliphatic heterocycles. The van der Waals surface area contributed by atoms with Gasteiger partial charge in [0.2, 0.25) is 0 Å². The molecule has 20 heavy (non-hydrogen) atoms. The first kappa shape index (κ1) is 14.8. The molecule has 104 valence electrons. The first-order valence-electron chi connectivity index (χ1n) is 6.41. The van der Waals surface area contributed by atoms with Crippen LogP contribution >= 0.6 is 15.9 Å². The van der Waals surface area contributed by atoms with Crippen LogP contribution in [-0.2, 0) is 0 Å². The van der Waals surface area contributed by atoms with E-state index in [-0.39, 0.29) is 5.78 Å². The minimum absolute atomic E-state index is 0.0273. The lowest BCUT2D eigenvalue weighted by Gasteiger charge is -2.14. The fourth-order valence-corrected chi connectivity index (χ4v) is 2.64. The Balaban J connectivity index is 2.60. The Labute approximate surface area is 127 Å². The molecular formula is C17H17BrO2. The maximum Gasteiger partial charge on any atom is 0.197 e. The summed E-state index contributed by atoms with van der Waals surface area (Å²) in [4.78, 5) is 12.8. The molecule has 0 saturated heterocycles. The van der Waals surface area contributed by atoms with Crippen molar-refractivity contribution in [2.45, 2.75) is 20.8 Å². The second kappa shape index (κ2) is 5.80. The molecule has 0 spiro atoms. The highest BCUT2D eigenvalue weighted by molar-refractivity contribution is 9.10. The first-order chi connectivity index (χ1) is 9.47. The Morgan fingerprint density at radius 1 is 1.00 bits per heavy atom. The third-order valence-corrected chi connectivity index (χ3v) is 4.61. The molecule has 0 heterocycles. The maximum absolute atomic E-state index is 12.8. The molecule has 3 heteroatoms. The summed E-state index contributed by atoms with van der Waals surface area (Å²) in [5.41, 5.74) is 4.41. The van der Waals surface area contributed by atoms with Gasteiger partial charge in [-0.3, -0.25) is 4.79 Å². The van der Waals surface area contributed by atoms with Crippen molar-refractivity contribution in [3.05, 3.63) is 62.6 Å². The molecule has 0 radical (unpaired) electrons. The average molecular weight is 333 g/mol. The van der Waals surface area contributed by atoms with Crippen molar-refractivity contribution < 1.29 is 9.53 Å². The zero-order chi connectivity index (χ0) is 14.9. The summed E-state index contributed by atoms with van der Waals surface area (Å²) in [5, 5.41) is 0. The smallest absolute Gasteiger partial charge is 0.197 e. The van der Waals surface area contributed by atoms with E-state index in [1.165, 1.54) is 0 Å². The highest BCUT2D eigenvalue weighted by Crippen LogP contribution is 2.31. The van der Waals surface area contributed by atoms with E-state index in [4.69, 9.17) is 4.74 Å². The lowest BCUT2D eigenvalue weighted by atomic mass is 9.97. The van der Waals surface area contributed by atoms with Gasteiger partial charge in [-0.15, -0.1) is 0 Å². The van der Waals surface area contributed by atoms with Crippen molar-refractivity contribution in [2.75, 3.05) is 7.11 Å². The van der Waals surface area contributed by atoms with E-state index < -0.39 is 0 Å². The topological polar surface area (TPSA) is 26.3 Å². The van der Waals surface area contributed by atoms with Gasteiger partial charge in [-0.1, -0.05) is 18.2 Å². The number of rotatable bonds is 3. The fourth-order valence-electron chi connectivity index (χ4n) is 2.20. The molecule has 0 amide bonds. The van der Waals surface area contributed by atoms with E-state index in [0.717, 1.165) is 21.2 Å². The molecule has 2 aromatic rings. The summed E-state index contributed by atoms with van der Waals surface area (Å²) in [6.45, 7) is 5.95. The van der Waals surface area contributed by atoms with E-state index in [1.54, 1.807) is 7.11 Å². The minimum atomic E-state index is -0.0273. The molecule has 0 unspecified atom stereocenters. The molecule has 0 N–H and O–H groups in total. The Bertz CT molecular complexity index is 675. The van der Waals surface area contributed by atoms with Crippen LogP contribution < -0.4 is 4.74 Å².